The number of esters is 1. The van der Waals surface area contributed by atoms with Gasteiger partial charge < -0.3 is 9.47 Å². The number of carbonyl (C=O) groups is 1. The van der Waals surface area contributed by atoms with Crippen molar-refractivity contribution in [2.75, 3.05) is 7.11 Å². The summed E-state index contributed by atoms with van der Waals surface area (Å²) in [7, 11) is 1.33. The van der Waals surface area contributed by atoms with E-state index in [0.29, 0.717) is 27.8 Å². The molecule has 0 radical (unpaired) electrons. The third-order valence-electron chi connectivity index (χ3n) is 3.09. The number of para-hydroxylation sites is 1. The number of carbonyl (C=O) groups excluding carboxylic acids is 1. The number of halogens is 1. The van der Waals surface area contributed by atoms with Gasteiger partial charge in [-0.25, -0.2) is 4.79 Å². The maximum absolute atomic E-state index is 11.6. The van der Waals surface area contributed by atoms with E-state index in [9.17, 15) is 4.79 Å². The molecule has 3 aromatic rings. The monoisotopic (exact) mass is 317 g/mol. The minimum atomic E-state index is -0.423. The van der Waals surface area contributed by atoms with E-state index in [1.54, 1.807) is 34.9 Å². The molecule has 0 atom stereocenters. The quantitative estimate of drug-likeness (QED) is 0.692. The molecule has 0 amide bonds. The highest BCUT2D eigenvalue weighted by molar-refractivity contribution is 6.32. The van der Waals surface area contributed by atoms with Gasteiger partial charge in [-0.3, -0.25) is 4.40 Å². The summed E-state index contributed by atoms with van der Waals surface area (Å²) in [6.45, 7) is 0.176. The molecule has 0 N–H and O–H groups in total. The Morgan fingerprint density at radius 3 is 2.82 bits per heavy atom. The normalized spacial score (nSPS) is 10.6. The molecule has 2 aromatic heterocycles. The van der Waals surface area contributed by atoms with Gasteiger partial charge in [0.25, 0.3) is 0 Å². The van der Waals surface area contributed by atoms with E-state index in [0.717, 1.165) is 0 Å². The molecule has 112 valence electrons. The molecule has 0 bridgehead atoms. The predicted molar refractivity (Wildman–Crippen MR) is 80.1 cm³/mol. The lowest BCUT2D eigenvalue weighted by Gasteiger charge is -2.07. The highest BCUT2D eigenvalue weighted by Crippen LogP contribution is 2.24. The Bertz CT molecular complexity index is 832. The average molecular weight is 318 g/mol. The van der Waals surface area contributed by atoms with E-state index >= 15 is 0 Å². The highest BCUT2D eigenvalue weighted by atomic mass is 35.5. The van der Waals surface area contributed by atoms with Crippen molar-refractivity contribution < 1.29 is 14.3 Å². The lowest BCUT2D eigenvalue weighted by Crippen LogP contribution is -2.06. The first-order valence-corrected chi connectivity index (χ1v) is 6.86. The second kappa shape index (κ2) is 6.03. The summed E-state index contributed by atoms with van der Waals surface area (Å²) in [5, 5.41) is 8.61. The summed E-state index contributed by atoms with van der Waals surface area (Å²) in [5.41, 5.74) is 1.03. The first-order valence-electron chi connectivity index (χ1n) is 6.48. The van der Waals surface area contributed by atoms with Gasteiger partial charge in [-0.05, 0) is 24.3 Å². The first kappa shape index (κ1) is 14.3. The van der Waals surface area contributed by atoms with Crippen LogP contribution in [0.25, 0.3) is 5.65 Å². The fourth-order valence-electron chi connectivity index (χ4n) is 1.98. The fourth-order valence-corrected chi connectivity index (χ4v) is 2.17. The lowest BCUT2D eigenvalue weighted by molar-refractivity contribution is 0.0600. The number of hydrogen-bond donors (Lipinski definition) is 0. The van der Waals surface area contributed by atoms with Crippen LogP contribution in [0.5, 0.6) is 5.75 Å². The first-order chi connectivity index (χ1) is 10.7. The van der Waals surface area contributed by atoms with Crippen molar-refractivity contribution in [3.8, 4) is 5.75 Å². The van der Waals surface area contributed by atoms with E-state index in [2.05, 4.69) is 10.2 Å². The van der Waals surface area contributed by atoms with Gasteiger partial charge in [0.2, 0.25) is 0 Å². The van der Waals surface area contributed by atoms with Crippen molar-refractivity contribution in [1.82, 2.24) is 14.6 Å². The van der Waals surface area contributed by atoms with Crippen LogP contribution >= 0.6 is 11.6 Å². The van der Waals surface area contributed by atoms with Crippen LogP contribution in [0.15, 0.2) is 42.6 Å². The van der Waals surface area contributed by atoms with Crippen molar-refractivity contribution in [2.45, 2.75) is 6.61 Å². The van der Waals surface area contributed by atoms with Crippen molar-refractivity contribution in [3.63, 3.8) is 0 Å². The zero-order chi connectivity index (χ0) is 15.5. The van der Waals surface area contributed by atoms with Gasteiger partial charge in [0.1, 0.15) is 12.4 Å². The number of hydrogen-bond acceptors (Lipinski definition) is 5. The van der Waals surface area contributed by atoms with Crippen LogP contribution in [0.1, 0.15) is 16.2 Å². The molecule has 0 spiro atoms. The van der Waals surface area contributed by atoms with Gasteiger partial charge in [-0.15, -0.1) is 10.2 Å². The van der Waals surface area contributed by atoms with Crippen LogP contribution < -0.4 is 4.74 Å². The SMILES string of the molecule is COC(=O)c1ccc2nnc(COc3ccccc3Cl)n2c1. The van der Waals surface area contributed by atoms with E-state index in [1.165, 1.54) is 7.11 Å². The van der Waals surface area contributed by atoms with E-state index < -0.39 is 5.97 Å². The van der Waals surface area contributed by atoms with Gasteiger partial charge in [0.05, 0.1) is 17.7 Å². The van der Waals surface area contributed by atoms with Crippen molar-refractivity contribution in [1.29, 1.82) is 0 Å². The molecule has 7 heteroatoms. The molecule has 0 aliphatic carbocycles. The topological polar surface area (TPSA) is 65.7 Å². The molecule has 0 saturated heterocycles. The van der Waals surface area contributed by atoms with Gasteiger partial charge in [-0.1, -0.05) is 23.7 Å². The number of ether oxygens (including phenoxy) is 2. The number of fused-ring (bicyclic) bond motifs is 1. The summed E-state index contributed by atoms with van der Waals surface area (Å²) >= 11 is 6.04. The minimum Gasteiger partial charge on any atom is -0.484 e. The molecule has 1 aromatic carbocycles. The Morgan fingerprint density at radius 1 is 1.23 bits per heavy atom. The third-order valence-corrected chi connectivity index (χ3v) is 3.40. The summed E-state index contributed by atoms with van der Waals surface area (Å²) in [6, 6.07) is 10.5. The Morgan fingerprint density at radius 2 is 2.05 bits per heavy atom. The zero-order valence-electron chi connectivity index (χ0n) is 11.7. The maximum atomic E-state index is 11.6. The largest absolute Gasteiger partial charge is 0.484 e. The van der Waals surface area contributed by atoms with Crippen LogP contribution in [0.2, 0.25) is 5.02 Å². The predicted octanol–water partition coefficient (Wildman–Crippen LogP) is 2.75. The van der Waals surface area contributed by atoms with Crippen LogP contribution in [0.4, 0.5) is 0 Å². The summed E-state index contributed by atoms with van der Waals surface area (Å²) in [6.07, 6.45) is 1.62. The molecule has 22 heavy (non-hydrogen) atoms. The molecule has 0 unspecified atom stereocenters. The Hall–Kier alpha value is -2.60. The molecular formula is C15H12ClN3O3. The maximum Gasteiger partial charge on any atom is 0.339 e. The third kappa shape index (κ3) is 2.73. The van der Waals surface area contributed by atoms with Crippen LogP contribution in [-0.2, 0) is 11.3 Å². The van der Waals surface area contributed by atoms with E-state index in [4.69, 9.17) is 21.1 Å². The number of nitrogens with zero attached hydrogens (tertiary/aromatic N) is 3. The van der Waals surface area contributed by atoms with Crippen LogP contribution in [0.3, 0.4) is 0 Å². The lowest BCUT2D eigenvalue weighted by atomic mass is 10.3. The number of aromatic nitrogens is 3. The Balaban J connectivity index is 1.87. The second-order valence-corrected chi connectivity index (χ2v) is 4.88. The number of methoxy groups -OCH3 is 1. The molecular weight excluding hydrogens is 306 g/mol. The smallest absolute Gasteiger partial charge is 0.339 e. The van der Waals surface area contributed by atoms with Crippen LogP contribution in [-0.4, -0.2) is 27.7 Å². The Labute approximate surface area is 131 Å². The zero-order valence-corrected chi connectivity index (χ0v) is 12.4. The standard InChI is InChI=1S/C15H12ClN3O3/c1-21-15(20)10-6-7-13-17-18-14(19(13)8-10)9-22-12-5-3-2-4-11(12)16/h2-8H,9H2,1H3. The van der Waals surface area contributed by atoms with Crippen molar-refractivity contribution in [3.05, 3.63) is 59.0 Å². The molecule has 0 fully saturated rings. The van der Waals surface area contributed by atoms with Crippen molar-refractivity contribution in [2.24, 2.45) is 0 Å². The summed E-state index contributed by atoms with van der Waals surface area (Å²) in [4.78, 5) is 11.6. The fraction of sp³-hybridized carbons (Fsp3) is 0.133. The van der Waals surface area contributed by atoms with Gasteiger partial charge in [0, 0.05) is 6.20 Å². The Kier molecular flexibility index (Phi) is 3.93. The molecule has 0 aliphatic rings. The van der Waals surface area contributed by atoms with E-state index in [-0.39, 0.29) is 6.61 Å². The number of benzene rings is 1. The van der Waals surface area contributed by atoms with Crippen molar-refractivity contribution >= 4 is 23.2 Å². The van der Waals surface area contributed by atoms with Gasteiger partial charge in [-0.2, -0.15) is 0 Å². The molecule has 0 saturated carbocycles. The molecule has 2 heterocycles. The summed E-state index contributed by atoms with van der Waals surface area (Å²) in [5.74, 6) is 0.694. The van der Waals surface area contributed by atoms with Gasteiger partial charge >= 0.3 is 5.97 Å². The summed E-state index contributed by atoms with van der Waals surface area (Å²) < 4.78 is 12.0. The number of rotatable bonds is 4. The molecule has 0 aliphatic heterocycles. The van der Waals surface area contributed by atoms with Crippen LogP contribution in [0, 0.1) is 0 Å². The highest BCUT2D eigenvalue weighted by Gasteiger charge is 2.11. The number of pyridine rings is 1. The second-order valence-electron chi connectivity index (χ2n) is 4.47. The van der Waals surface area contributed by atoms with E-state index in [1.807, 2.05) is 12.1 Å². The molecule has 3 rings (SSSR count). The van der Waals surface area contributed by atoms with Gasteiger partial charge in [0.15, 0.2) is 11.5 Å². The minimum absolute atomic E-state index is 0.176. The average Bonchev–Trinajstić information content (AvgIpc) is 2.95. The molecule has 6 nitrogen and oxygen atoms in total.